The van der Waals surface area contributed by atoms with Gasteiger partial charge in [0.1, 0.15) is 11.5 Å². The van der Waals surface area contributed by atoms with Gasteiger partial charge in [-0.3, -0.25) is 0 Å². The molecular formula is C43H27FN2. The summed E-state index contributed by atoms with van der Waals surface area (Å²) in [5.74, 6) is -0.271. The highest BCUT2D eigenvalue weighted by Crippen LogP contribution is 2.42. The first-order chi connectivity index (χ1) is 22.7. The molecule has 46 heavy (non-hydrogen) atoms. The molecule has 0 N–H and O–H groups in total. The Hall–Kier alpha value is -6.06. The maximum atomic E-state index is 15.0. The van der Waals surface area contributed by atoms with Gasteiger partial charge < -0.3 is 0 Å². The van der Waals surface area contributed by atoms with Crippen molar-refractivity contribution in [1.82, 2.24) is 9.61 Å². The van der Waals surface area contributed by atoms with E-state index < -0.39 is 0 Å². The predicted molar refractivity (Wildman–Crippen MR) is 189 cm³/mol. The van der Waals surface area contributed by atoms with Gasteiger partial charge in [-0.1, -0.05) is 133 Å². The molecular weight excluding hydrogens is 563 g/mol. The third-order valence-corrected chi connectivity index (χ3v) is 9.02. The van der Waals surface area contributed by atoms with Crippen LogP contribution in [-0.4, -0.2) is 9.61 Å². The van der Waals surface area contributed by atoms with Gasteiger partial charge in [-0.05, 0) is 74.0 Å². The van der Waals surface area contributed by atoms with Crippen LogP contribution >= 0.6 is 0 Å². The normalized spacial score (nSPS) is 11.6. The number of hydrogen-bond donors (Lipinski definition) is 0. The third-order valence-electron chi connectivity index (χ3n) is 9.02. The van der Waals surface area contributed by atoms with Gasteiger partial charge in [-0.15, -0.1) is 0 Å². The minimum atomic E-state index is -0.271. The van der Waals surface area contributed by atoms with Gasteiger partial charge in [0.25, 0.3) is 0 Å². The van der Waals surface area contributed by atoms with E-state index in [1.54, 1.807) is 6.07 Å². The number of aromatic nitrogens is 2. The van der Waals surface area contributed by atoms with Crippen LogP contribution in [-0.2, 0) is 0 Å². The Bertz CT molecular complexity index is 2590. The molecule has 2 heterocycles. The number of benzene rings is 7. The number of rotatable bonds is 4. The molecule has 0 aliphatic heterocycles. The fourth-order valence-electron chi connectivity index (χ4n) is 6.86. The van der Waals surface area contributed by atoms with E-state index in [0.717, 1.165) is 60.9 Å². The van der Waals surface area contributed by atoms with E-state index >= 15 is 0 Å². The molecule has 9 aromatic rings. The van der Waals surface area contributed by atoms with Crippen LogP contribution < -0.4 is 0 Å². The van der Waals surface area contributed by atoms with E-state index in [4.69, 9.17) is 5.10 Å². The molecule has 0 radical (unpaired) electrons. The molecule has 0 fully saturated rings. The molecule has 9 rings (SSSR count). The Morgan fingerprint density at radius 2 is 1.13 bits per heavy atom. The molecule has 0 amide bonds. The topological polar surface area (TPSA) is 17.3 Å². The second-order valence-corrected chi connectivity index (χ2v) is 11.8. The lowest BCUT2D eigenvalue weighted by Gasteiger charge is -2.11. The molecule has 2 nitrogen and oxygen atoms in total. The molecule has 0 saturated carbocycles. The summed E-state index contributed by atoms with van der Waals surface area (Å²) in [6.45, 7) is 0. The van der Waals surface area contributed by atoms with E-state index in [0.29, 0.717) is 0 Å². The number of nitrogens with zero attached hydrogens (tertiary/aromatic N) is 2. The Kier molecular flexibility index (Phi) is 6.04. The van der Waals surface area contributed by atoms with Crippen molar-refractivity contribution in [3.63, 3.8) is 0 Å². The lowest BCUT2D eigenvalue weighted by Crippen LogP contribution is -1.96. The summed E-state index contributed by atoms with van der Waals surface area (Å²) in [5.41, 5.74) is 9.05. The van der Waals surface area contributed by atoms with E-state index in [1.807, 2.05) is 28.8 Å². The highest BCUT2D eigenvalue weighted by molar-refractivity contribution is 6.09. The maximum Gasteiger partial charge on any atom is 0.123 e. The quantitative estimate of drug-likeness (QED) is 0.199. The van der Waals surface area contributed by atoms with Crippen molar-refractivity contribution in [2.45, 2.75) is 0 Å². The number of halogens is 1. The molecule has 0 aliphatic carbocycles. The van der Waals surface area contributed by atoms with Crippen molar-refractivity contribution < 1.29 is 4.39 Å². The van der Waals surface area contributed by atoms with Gasteiger partial charge in [0.2, 0.25) is 0 Å². The van der Waals surface area contributed by atoms with Gasteiger partial charge in [0.05, 0.1) is 11.2 Å². The summed E-state index contributed by atoms with van der Waals surface area (Å²) in [6.07, 6.45) is 0. The molecule has 0 aliphatic rings. The zero-order valence-corrected chi connectivity index (χ0v) is 24.9. The number of pyridine rings is 1. The lowest BCUT2D eigenvalue weighted by atomic mass is 9.93. The van der Waals surface area contributed by atoms with Crippen molar-refractivity contribution in [3.8, 4) is 44.8 Å². The summed E-state index contributed by atoms with van der Waals surface area (Å²) in [4.78, 5) is 0. The highest BCUT2D eigenvalue weighted by Gasteiger charge is 2.22. The van der Waals surface area contributed by atoms with Crippen molar-refractivity contribution in [3.05, 3.63) is 170 Å². The third kappa shape index (κ3) is 4.28. The zero-order valence-electron chi connectivity index (χ0n) is 24.9. The first-order valence-electron chi connectivity index (χ1n) is 15.5. The largest absolute Gasteiger partial charge is 0.231 e. The van der Waals surface area contributed by atoms with Crippen molar-refractivity contribution in [2.24, 2.45) is 0 Å². The smallest absolute Gasteiger partial charge is 0.123 e. The lowest BCUT2D eigenvalue weighted by molar-refractivity contribution is 0.630. The maximum absolute atomic E-state index is 15.0. The average Bonchev–Trinajstić information content (AvgIpc) is 3.52. The number of fused-ring (bicyclic) bond motifs is 5. The first-order valence-corrected chi connectivity index (χ1v) is 15.5. The molecule has 0 bridgehead atoms. The molecule has 216 valence electrons. The van der Waals surface area contributed by atoms with Crippen LogP contribution in [0.1, 0.15) is 0 Å². The van der Waals surface area contributed by atoms with Crippen LogP contribution in [0.15, 0.2) is 164 Å². The molecule has 2 aromatic heterocycles. The molecule has 0 saturated heterocycles. The Balaban J connectivity index is 1.40. The second kappa shape index (κ2) is 10.5. The standard InChI is InChI=1S/C43H27FN2/c44-36-23-22-33-26-40(30-12-2-1-3-13-30)46-43(39(33)27-36)41(34-21-20-28-10-4-5-14-31(28)24-34)42(45-46)35-17-8-16-32(25-35)38-19-9-15-29-11-6-7-18-37(29)38/h1-27H. The summed E-state index contributed by atoms with van der Waals surface area (Å²) in [7, 11) is 0. The van der Waals surface area contributed by atoms with E-state index in [1.165, 1.54) is 27.8 Å². The van der Waals surface area contributed by atoms with E-state index in [-0.39, 0.29) is 5.82 Å². The number of hydrogen-bond acceptors (Lipinski definition) is 1. The minimum Gasteiger partial charge on any atom is -0.231 e. The van der Waals surface area contributed by atoms with Gasteiger partial charge in [0, 0.05) is 22.1 Å². The van der Waals surface area contributed by atoms with Crippen LogP contribution in [0.25, 0.3) is 82.6 Å². The van der Waals surface area contributed by atoms with E-state index in [9.17, 15) is 4.39 Å². The summed E-state index contributed by atoms with van der Waals surface area (Å²) in [6, 6.07) is 56.0. The molecule has 0 atom stereocenters. The van der Waals surface area contributed by atoms with Gasteiger partial charge in [-0.25, -0.2) is 8.91 Å². The molecule has 0 spiro atoms. The Morgan fingerprint density at radius 3 is 2.02 bits per heavy atom. The van der Waals surface area contributed by atoms with E-state index in [2.05, 4.69) is 127 Å². The zero-order chi connectivity index (χ0) is 30.6. The van der Waals surface area contributed by atoms with Crippen molar-refractivity contribution in [2.75, 3.05) is 0 Å². The molecule has 7 aromatic carbocycles. The summed E-state index contributed by atoms with van der Waals surface area (Å²) in [5, 5.41) is 11.9. The molecule has 3 heteroatoms. The van der Waals surface area contributed by atoms with Crippen molar-refractivity contribution in [1.29, 1.82) is 0 Å². The van der Waals surface area contributed by atoms with Gasteiger partial charge in [0.15, 0.2) is 0 Å². The summed E-state index contributed by atoms with van der Waals surface area (Å²) < 4.78 is 17.0. The van der Waals surface area contributed by atoms with Gasteiger partial charge in [-0.2, -0.15) is 5.10 Å². The monoisotopic (exact) mass is 590 g/mol. The van der Waals surface area contributed by atoms with Crippen LogP contribution in [0.2, 0.25) is 0 Å². The highest BCUT2D eigenvalue weighted by atomic mass is 19.1. The minimum absolute atomic E-state index is 0.271. The van der Waals surface area contributed by atoms with Crippen LogP contribution in [0.3, 0.4) is 0 Å². The average molecular weight is 591 g/mol. The fourth-order valence-corrected chi connectivity index (χ4v) is 6.86. The predicted octanol–water partition coefficient (Wildman–Crippen LogP) is 11.6. The SMILES string of the molecule is Fc1ccc2cc(-c3ccccc3)n3nc(-c4cccc(-c5cccc6ccccc56)c4)c(-c4ccc5ccccc5c4)c3c2c1. The second-order valence-electron chi connectivity index (χ2n) is 11.8. The van der Waals surface area contributed by atoms with Crippen LogP contribution in [0.4, 0.5) is 4.39 Å². The van der Waals surface area contributed by atoms with Crippen LogP contribution in [0, 0.1) is 5.82 Å². The molecule has 0 unspecified atom stereocenters. The fraction of sp³-hybridized carbons (Fsp3) is 0. The van der Waals surface area contributed by atoms with Crippen LogP contribution in [0.5, 0.6) is 0 Å². The van der Waals surface area contributed by atoms with Gasteiger partial charge >= 0.3 is 0 Å². The Labute approximate surface area is 265 Å². The van der Waals surface area contributed by atoms with Crippen molar-refractivity contribution >= 4 is 37.8 Å². The summed E-state index contributed by atoms with van der Waals surface area (Å²) >= 11 is 0. The first kappa shape index (κ1) is 26.4. The Morgan fingerprint density at radius 1 is 0.435 bits per heavy atom.